The van der Waals surface area contributed by atoms with Gasteiger partial charge in [-0.25, -0.2) is 0 Å². The summed E-state index contributed by atoms with van der Waals surface area (Å²) in [4.78, 5) is 7.31. The molecule has 2 nitrogen and oxygen atoms in total. The van der Waals surface area contributed by atoms with Gasteiger partial charge in [-0.2, -0.15) is 0 Å². The van der Waals surface area contributed by atoms with Crippen LogP contribution in [-0.2, 0) is 25.7 Å². The fraction of sp³-hybridized carbons (Fsp3) is 0.121. The minimum Gasteiger partial charge on any atom is -0.308 e. The van der Waals surface area contributed by atoms with Crippen LogP contribution in [0.25, 0.3) is 22.3 Å². The molecule has 164 valence electrons. The summed E-state index contributed by atoms with van der Waals surface area (Å²) >= 11 is 0. The first-order valence-corrected chi connectivity index (χ1v) is 12.6. The SMILES string of the molecule is c1ccc2c(c1)Cc1ccc3c(c1-2)Cc1c-3ccc2c1Cc1ccnc3c1N2c1ccccc1C3. The van der Waals surface area contributed by atoms with E-state index in [9.17, 15) is 0 Å². The van der Waals surface area contributed by atoms with Crippen LogP contribution in [-0.4, -0.2) is 4.98 Å². The van der Waals surface area contributed by atoms with Crippen molar-refractivity contribution in [1.82, 2.24) is 4.98 Å². The Kier molecular flexibility index (Phi) is 3.27. The molecule has 0 saturated heterocycles. The van der Waals surface area contributed by atoms with E-state index in [1.165, 1.54) is 84.0 Å². The van der Waals surface area contributed by atoms with Crippen LogP contribution >= 0.6 is 0 Å². The lowest BCUT2D eigenvalue weighted by atomic mass is 9.86. The van der Waals surface area contributed by atoms with Gasteiger partial charge in [0.05, 0.1) is 17.1 Å². The average Bonchev–Trinajstić information content (AvgIpc) is 3.47. The van der Waals surface area contributed by atoms with Crippen molar-refractivity contribution in [2.24, 2.45) is 0 Å². The number of benzene rings is 4. The van der Waals surface area contributed by atoms with E-state index in [1.54, 1.807) is 0 Å². The Morgan fingerprint density at radius 2 is 1.34 bits per heavy atom. The molecule has 0 atom stereocenters. The standard InChI is InChI=1S/C33H22N2/c1-3-7-23-19(5-1)15-21-9-10-25-24-11-12-31-27(26(24)18-28(25)32(21)23)16-22-13-14-34-29-17-20-6-2-4-8-30(20)35(31)33(22)29/h1-14H,15-18H2. The predicted octanol–water partition coefficient (Wildman–Crippen LogP) is 7.50. The summed E-state index contributed by atoms with van der Waals surface area (Å²) in [5.74, 6) is 0. The van der Waals surface area contributed by atoms with Crippen LogP contribution in [0.3, 0.4) is 0 Å². The zero-order valence-electron chi connectivity index (χ0n) is 19.3. The molecule has 0 unspecified atom stereocenters. The zero-order chi connectivity index (χ0) is 22.7. The normalized spacial score (nSPS) is 14.9. The smallest absolute Gasteiger partial charge is 0.0716 e. The van der Waals surface area contributed by atoms with Gasteiger partial charge in [-0.15, -0.1) is 0 Å². The van der Waals surface area contributed by atoms with E-state index in [-0.39, 0.29) is 0 Å². The molecule has 3 heterocycles. The largest absolute Gasteiger partial charge is 0.308 e. The van der Waals surface area contributed by atoms with E-state index >= 15 is 0 Å². The molecule has 2 aliphatic carbocycles. The Balaban J connectivity index is 1.28. The maximum Gasteiger partial charge on any atom is 0.0716 e. The zero-order valence-corrected chi connectivity index (χ0v) is 19.3. The number of para-hydroxylation sites is 1. The van der Waals surface area contributed by atoms with E-state index in [0.29, 0.717) is 0 Å². The van der Waals surface area contributed by atoms with Gasteiger partial charge in [0.15, 0.2) is 0 Å². The van der Waals surface area contributed by atoms with Crippen LogP contribution in [0.15, 0.2) is 85.1 Å². The fourth-order valence-electron chi connectivity index (χ4n) is 7.16. The second-order valence-electron chi connectivity index (χ2n) is 10.3. The molecule has 2 aliphatic heterocycles. The number of hydrogen-bond donors (Lipinski definition) is 0. The first-order chi connectivity index (χ1) is 17.3. The van der Waals surface area contributed by atoms with Gasteiger partial charge in [-0.05, 0) is 92.2 Å². The first kappa shape index (κ1) is 18.2. The summed E-state index contributed by atoms with van der Waals surface area (Å²) in [6.45, 7) is 0. The second-order valence-corrected chi connectivity index (χ2v) is 10.3. The quantitative estimate of drug-likeness (QED) is 0.240. The summed E-state index contributed by atoms with van der Waals surface area (Å²) in [6, 6.07) is 29.5. The van der Waals surface area contributed by atoms with Gasteiger partial charge in [0.25, 0.3) is 0 Å². The summed E-state index contributed by atoms with van der Waals surface area (Å²) in [5.41, 5.74) is 21.2. The Morgan fingerprint density at radius 3 is 2.31 bits per heavy atom. The molecule has 35 heavy (non-hydrogen) atoms. The van der Waals surface area contributed by atoms with Gasteiger partial charge in [-0.1, -0.05) is 60.7 Å². The fourth-order valence-corrected chi connectivity index (χ4v) is 7.16. The Bertz CT molecular complexity index is 1760. The number of hydrogen-bond acceptors (Lipinski definition) is 2. The third-order valence-electron chi connectivity index (χ3n) is 8.62. The topological polar surface area (TPSA) is 16.1 Å². The highest BCUT2D eigenvalue weighted by atomic mass is 15.2. The van der Waals surface area contributed by atoms with Crippen molar-refractivity contribution >= 4 is 17.1 Å². The van der Waals surface area contributed by atoms with Crippen molar-refractivity contribution in [1.29, 1.82) is 0 Å². The molecule has 5 aromatic rings. The summed E-state index contributed by atoms with van der Waals surface area (Å²) in [6.07, 6.45) is 5.98. The van der Waals surface area contributed by atoms with E-state index in [2.05, 4.69) is 83.8 Å². The molecule has 9 rings (SSSR count). The van der Waals surface area contributed by atoms with E-state index in [0.717, 1.165) is 25.7 Å². The summed E-state index contributed by atoms with van der Waals surface area (Å²) in [5, 5.41) is 0. The van der Waals surface area contributed by atoms with E-state index in [1.807, 2.05) is 6.20 Å². The highest BCUT2D eigenvalue weighted by molar-refractivity contribution is 5.95. The molecule has 0 fully saturated rings. The maximum atomic E-state index is 4.81. The van der Waals surface area contributed by atoms with Gasteiger partial charge < -0.3 is 4.90 Å². The van der Waals surface area contributed by atoms with Gasteiger partial charge in [0, 0.05) is 24.7 Å². The molecule has 0 bridgehead atoms. The number of fused-ring (bicyclic) bond motifs is 12. The molecule has 0 spiro atoms. The number of pyridine rings is 1. The Labute approximate surface area is 204 Å². The minimum atomic E-state index is 0.910. The van der Waals surface area contributed by atoms with E-state index < -0.39 is 0 Å². The molecule has 4 aromatic carbocycles. The third kappa shape index (κ3) is 2.23. The predicted molar refractivity (Wildman–Crippen MR) is 141 cm³/mol. The van der Waals surface area contributed by atoms with E-state index in [4.69, 9.17) is 4.98 Å². The van der Waals surface area contributed by atoms with Gasteiger partial charge in [0.2, 0.25) is 0 Å². The van der Waals surface area contributed by atoms with Crippen LogP contribution in [0.2, 0.25) is 0 Å². The van der Waals surface area contributed by atoms with Crippen molar-refractivity contribution < 1.29 is 0 Å². The number of rotatable bonds is 0. The molecular weight excluding hydrogens is 424 g/mol. The number of nitrogens with zero attached hydrogens (tertiary/aromatic N) is 2. The molecule has 4 aliphatic rings. The van der Waals surface area contributed by atoms with Crippen molar-refractivity contribution in [2.75, 3.05) is 4.90 Å². The van der Waals surface area contributed by atoms with Gasteiger partial charge in [-0.3, -0.25) is 4.98 Å². The molecule has 0 saturated carbocycles. The van der Waals surface area contributed by atoms with Crippen LogP contribution in [0.5, 0.6) is 0 Å². The first-order valence-electron chi connectivity index (χ1n) is 12.6. The van der Waals surface area contributed by atoms with Crippen molar-refractivity contribution in [3.05, 3.63) is 130 Å². The molecule has 0 amide bonds. The van der Waals surface area contributed by atoms with Crippen molar-refractivity contribution in [2.45, 2.75) is 25.7 Å². The van der Waals surface area contributed by atoms with Gasteiger partial charge >= 0.3 is 0 Å². The molecule has 1 aromatic heterocycles. The Hall–Kier alpha value is -4.17. The van der Waals surface area contributed by atoms with Crippen molar-refractivity contribution in [3.63, 3.8) is 0 Å². The maximum absolute atomic E-state index is 4.81. The second kappa shape index (κ2) is 6.28. The molecule has 2 heteroatoms. The lowest BCUT2D eigenvalue weighted by Crippen LogP contribution is -2.26. The highest BCUT2D eigenvalue weighted by Crippen LogP contribution is 2.54. The highest BCUT2D eigenvalue weighted by Gasteiger charge is 2.36. The lowest BCUT2D eigenvalue weighted by molar-refractivity contribution is 0.953. The van der Waals surface area contributed by atoms with Crippen LogP contribution in [0.1, 0.15) is 44.6 Å². The monoisotopic (exact) mass is 446 g/mol. The molecule has 0 N–H and O–H groups in total. The minimum absolute atomic E-state index is 0.910. The number of aromatic nitrogens is 1. The Morgan fingerprint density at radius 1 is 0.514 bits per heavy atom. The molecule has 0 radical (unpaired) electrons. The molecular formula is C33H22N2. The summed E-state index contributed by atoms with van der Waals surface area (Å²) in [7, 11) is 0. The third-order valence-corrected chi connectivity index (χ3v) is 8.62. The average molecular weight is 447 g/mol. The van der Waals surface area contributed by atoms with Crippen LogP contribution in [0, 0.1) is 0 Å². The lowest BCUT2D eigenvalue weighted by Gasteiger charge is -2.39. The van der Waals surface area contributed by atoms with Crippen LogP contribution in [0.4, 0.5) is 17.1 Å². The van der Waals surface area contributed by atoms with Gasteiger partial charge in [0.1, 0.15) is 0 Å². The number of anilines is 3. The van der Waals surface area contributed by atoms with Crippen molar-refractivity contribution in [3.8, 4) is 22.3 Å². The van der Waals surface area contributed by atoms with Crippen LogP contribution < -0.4 is 4.90 Å². The summed E-state index contributed by atoms with van der Waals surface area (Å²) < 4.78 is 0.